The molecular formula is C38H45F16N9. The lowest BCUT2D eigenvalue weighted by molar-refractivity contribution is -0.0974. The second kappa shape index (κ2) is 16.1. The zero-order chi connectivity index (χ0) is 44.8. The van der Waals surface area contributed by atoms with Gasteiger partial charge in [0.1, 0.15) is 49.0 Å². The summed E-state index contributed by atoms with van der Waals surface area (Å²) in [6, 6.07) is 2.57. The number of hydrogen-bond donors (Lipinski definition) is 8. The van der Waals surface area contributed by atoms with E-state index in [1.165, 1.54) is 12.1 Å². The average molecular weight is 932 g/mol. The van der Waals surface area contributed by atoms with Crippen LogP contribution >= 0.6 is 0 Å². The SMILES string of the molecule is Fc1ccc(NC2C(F)C(F)C(F)C3C4NC5NC(NC6C7C(F)C(F)C(F)C(F)C7C(NC7NC(NC(N4)C23)C2C(F)C(F)C(F)C(F)C72)N6F)C2C(F)C(F)C(F)CC52)cc1. The number of nitrogens with one attached hydrogen (secondary N) is 8. The number of benzene rings is 1. The zero-order valence-electron chi connectivity index (χ0n) is 32.4. The smallest absolute Gasteiger partial charge is 0.165 e. The number of anilines is 1. The van der Waals surface area contributed by atoms with E-state index < -0.39 is 201 Å². The molecule has 9 fully saturated rings. The van der Waals surface area contributed by atoms with Crippen LogP contribution in [0.4, 0.5) is 76.0 Å². The molecule has 0 spiro atoms. The summed E-state index contributed by atoms with van der Waals surface area (Å²) in [6.45, 7) is 0. The molecule has 1 aromatic rings. The van der Waals surface area contributed by atoms with Gasteiger partial charge in [-0.1, -0.05) is 0 Å². The van der Waals surface area contributed by atoms with Crippen LogP contribution in [0.2, 0.25) is 0 Å². The fourth-order valence-electron chi connectivity index (χ4n) is 12.8. The topological polar surface area (TPSA) is 99.5 Å². The summed E-state index contributed by atoms with van der Waals surface area (Å²) in [5, 5.41) is 21.5. The quantitative estimate of drug-likeness (QED) is 0.167. The minimum atomic E-state index is -3.18. The van der Waals surface area contributed by atoms with Gasteiger partial charge in [-0.25, -0.2) is 65.9 Å². The molecule has 25 heteroatoms. The Bertz CT molecular complexity index is 1820. The van der Waals surface area contributed by atoms with Gasteiger partial charge in [0.2, 0.25) is 0 Å². The Morgan fingerprint density at radius 3 is 1.25 bits per heavy atom. The van der Waals surface area contributed by atoms with Crippen LogP contribution in [0, 0.1) is 53.2 Å². The molecule has 31 atom stereocenters. The Kier molecular flexibility index (Phi) is 11.4. The highest BCUT2D eigenvalue weighted by molar-refractivity contribution is 5.45. The predicted molar refractivity (Wildman–Crippen MR) is 190 cm³/mol. The number of alkyl halides is 14. The third kappa shape index (κ3) is 6.71. The first-order chi connectivity index (χ1) is 29.9. The lowest BCUT2D eigenvalue weighted by Crippen LogP contribution is -2.63. The van der Waals surface area contributed by atoms with E-state index in [4.69, 9.17) is 0 Å². The molecule has 0 radical (unpaired) electrons. The van der Waals surface area contributed by atoms with E-state index >= 15 is 65.9 Å². The first-order valence-electron chi connectivity index (χ1n) is 21.1. The van der Waals surface area contributed by atoms with Gasteiger partial charge in [0, 0.05) is 47.1 Å². The molecular weight excluding hydrogens is 886 g/mol. The van der Waals surface area contributed by atoms with Crippen molar-refractivity contribution in [3.63, 3.8) is 0 Å². The molecule has 5 heterocycles. The third-order valence-electron chi connectivity index (χ3n) is 15.7. The molecule has 10 rings (SSSR count). The average Bonchev–Trinajstić information content (AvgIpc) is 3.98. The standard InChI is InChI=1S/C38H45F16N9/c39-6-1-3-7(4-2-6)55-30-16-13(21(45)28(52)29(30)53)34-57-31-8-5-9(40)17(41)18(42)10(8)32(56-31)61-37-14-15(23(47)27(51)26(50)22(14)46)38(63(37)54)62-35-12-11(33(58-35)59-36(16)60-34)19(43)24(48)25(49)20(12)44/h1-4,8-38,55-62H,5H2. The molecule has 5 saturated heterocycles. The van der Waals surface area contributed by atoms with Crippen LogP contribution in [-0.4, -0.2) is 147 Å². The van der Waals surface area contributed by atoms with Gasteiger partial charge in [0.25, 0.3) is 0 Å². The van der Waals surface area contributed by atoms with Crippen molar-refractivity contribution in [3.05, 3.63) is 30.1 Å². The fraction of sp³-hybridized carbons (Fsp3) is 0.842. The van der Waals surface area contributed by atoms with E-state index in [1.807, 2.05) is 0 Å². The minimum absolute atomic E-state index is 0.0260. The van der Waals surface area contributed by atoms with Crippen LogP contribution < -0.4 is 42.5 Å². The van der Waals surface area contributed by atoms with Crippen molar-refractivity contribution >= 4 is 5.69 Å². The predicted octanol–water partition coefficient (Wildman–Crippen LogP) is 3.70. The van der Waals surface area contributed by atoms with Crippen LogP contribution in [0.25, 0.3) is 0 Å². The van der Waals surface area contributed by atoms with Crippen LogP contribution in [-0.2, 0) is 0 Å². The van der Waals surface area contributed by atoms with E-state index in [0.717, 1.165) is 12.1 Å². The second-order valence-corrected chi connectivity index (χ2v) is 18.7. The molecule has 5 aliphatic heterocycles. The second-order valence-electron chi connectivity index (χ2n) is 18.7. The molecule has 354 valence electrons. The summed E-state index contributed by atoms with van der Waals surface area (Å²) in [7, 11) is 0. The van der Waals surface area contributed by atoms with Gasteiger partial charge in [-0.05, 0) is 36.6 Å². The van der Waals surface area contributed by atoms with E-state index in [-0.39, 0.29) is 10.8 Å². The molecule has 1 aromatic carbocycles. The molecule has 4 aliphatic carbocycles. The third-order valence-corrected chi connectivity index (χ3v) is 15.7. The Balaban J connectivity index is 1.09. The maximum Gasteiger partial charge on any atom is 0.165 e. The van der Waals surface area contributed by atoms with Crippen LogP contribution in [0.3, 0.4) is 0 Å². The monoisotopic (exact) mass is 931 g/mol. The normalized spacial score (nSPS) is 59.0. The van der Waals surface area contributed by atoms with Gasteiger partial charge < -0.3 is 5.32 Å². The molecule has 8 bridgehead atoms. The lowest BCUT2D eigenvalue weighted by atomic mass is 9.71. The number of fused-ring (bicyclic) bond motifs is 20. The Labute approximate surface area is 349 Å². The summed E-state index contributed by atoms with van der Waals surface area (Å²) in [4.78, 5) is 0. The Hall–Kier alpha value is -2.42. The van der Waals surface area contributed by atoms with Crippen molar-refractivity contribution in [3.8, 4) is 0 Å². The Morgan fingerprint density at radius 1 is 0.397 bits per heavy atom. The Morgan fingerprint density at radius 2 is 0.762 bits per heavy atom. The van der Waals surface area contributed by atoms with Crippen molar-refractivity contribution in [2.45, 2.75) is 148 Å². The van der Waals surface area contributed by atoms with Crippen molar-refractivity contribution in [1.82, 2.24) is 42.3 Å². The summed E-state index contributed by atoms with van der Waals surface area (Å²) >= 11 is 0. The van der Waals surface area contributed by atoms with Crippen molar-refractivity contribution < 1.29 is 70.3 Å². The molecule has 0 aromatic heterocycles. The number of rotatable bonds is 2. The summed E-state index contributed by atoms with van der Waals surface area (Å²) in [6.07, 6.45) is -55.5. The molecule has 9 aliphatic rings. The van der Waals surface area contributed by atoms with E-state index in [0.29, 0.717) is 0 Å². The van der Waals surface area contributed by atoms with Crippen molar-refractivity contribution in [1.29, 1.82) is 0 Å². The van der Waals surface area contributed by atoms with Crippen molar-refractivity contribution in [2.24, 2.45) is 47.3 Å². The highest BCUT2D eigenvalue weighted by Crippen LogP contribution is 2.52. The summed E-state index contributed by atoms with van der Waals surface area (Å²) in [5.41, 5.74) is 0.0260. The number of hydrogen-bond acceptors (Lipinski definition) is 9. The number of halogens is 16. The lowest BCUT2D eigenvalue weighted by Gasteiger charge is -2.45. The minimum Gasteiger partial charge on any atom is -0.379 e. The number of nitrogens with zero attached hydrogens (tertiary/aromatic N) is 1. The summed E-state index contributed by atoms with van der Waals surface area (Å²) in [5.74, 6) is -15.3. The molecule has 9 nitrogen and oxygen atoms in total. The molecule has 8 N–H and O–H groups in total. The van der Waals surface area contributed by atoms with Crippen LogP contribution in [0.15, 0.2) is 24.3 Å². The van der Waals surface area contributed by atoms with E-state index in [1.54, 1.807) is 0 Å². The maximum atomic E-state index is 17.0. The van der Waals surface area contributed by atoms with Crippen LogP contribution in [0.5, 0.6) is 0 Å². The molecule has 63 heavy (non-hydrogen) atoms. The van der Waals surface area contributed by atoms with Gasteiger partial charge in [0.05, 0.1) is 55.4 Å². The van der Waals surface area contributed by atoms with Gasteiger partial charge in [-0.15, -0.1) is 9.60 Å². The molecule has 31 unspecified atom stereocenters. The highest BCUT2D eigenvalue weighted by atomic mass is 19.2. The van der Waals surface area contributed by atoms with Gasteiger partial charge in [-0.3, -0.25) is 37.2 Å². The zero-order valence-corrected chi connectivity index (χ0v) is 32.4. The first-order valence-corrected chi connectivity index (χ1v) is 21.1. The van der Waals surface area contributed by atoms with Crippen LogP contribution in [0.1, 0.15) is 6.42 Å². The van der Waals surface area contributed by atoms with Gasteiger partial charge in [0.15, 0.2) is 43.2 Å². The summed E-state index contributed by atoms with van der Waals surface area (Å²) < 4.78 is 251. The molecule has 0 amide bonds. The molecule has 4 saturated carbocycles. The fourth-order valence-corrected chi connectivity index (χ4v) is 12.8. The largest absolute Gasteiger partial charge is 0.379 e. The first kappa shape index (κ1) is 44.4. The van der Waals surface area contributed by atoms with Gasteiger partial charge >= 0.3 is 0 Å². The highest BCUT2D eigenvalue weighted by Gasteiger charge is 2.69. The van der Waals surface area contributed by atoms with Gasteiger partial charge in [-0.2, -0.15) is 0 Å². The van der Waals surface area contributed by atoms with Crippen molar-refractivity contribution in [2.75, 3.05) is 5.32 Å². The van der Waals surface area contributed by atoms with E-state index in [2.05, 4.69) is 42.5 Å². The van der Waals surface area contributed by atoms with E-state index in [9.17, 15) is 4.39 Å². The maximum absolute atomic E-state index is 17.0.